The van der Waals surface area contributed by atoms with Crippen LogP contribution >= 0.6 is 0 Å². The van der Waals surface area contributed by atoms with E-state index in [4.69, 9.17) is 0 Å². The van der Waals surface area contributed by atoms with Crippen LogP contribution in [0.3, 0.4) is 0 Å². The minimum Gasteiger partial charge on any atom is -0.292 e. The number of hydrogen-bond acceptors (Lipinski definition) is 3. The number of ketones is 1. The molecule has 1 aromatic heterocycles. The summed E-state index contributed by atoms with van der Waals surface area (Å²) < 4.78 is 1.58. The molecule has 0 N–H and O–H groups in total. The van der Waals surface area contributed by atoms with E-state index >= 15 is 0 Å². The maximum absolute atomic E-state index is 12.3. The average Bonchev–Trinajstić information content (AvgIpc) is 2.74. The highest BCUT2D eigenvalue weighted by atomic mass is 16.1. The zero-order valence-corrected chi connectivity index (χ0v) is 10.9. The van der Waals surface area contributed by atoms with Crippen molar-refractivity contribution < 1.29 is 4.79 Å². The van der Waals surface area contributed by atoms with Crippen LogP contribution in [0.5, 0.6) is 0 Å². The predicted molar refractivity (Wildman–Crippen MR) is 65.6 cm³/mol. The molecule has 4 heteroatoms. The summed E-state index contributed by atoms with van der Waals surface area (Å²) in [5, 5.41) is 7.59. The number of rotatable bonds is 3. The number of aryl methyl sites for hydroxylation is 1. The second kappa shape index (κ2) is 4.98. The smallest absolute Gasteiger partial charge is 0.185 e. The van der Waals surface area contributed by atoms with Crippen LogP contribution in [-0.4, -0.2) is 20.8 Å². The molecule has 0 aliphatic heterocycles. The molecule has 1 heterocycles. The van der Waals surface area contributed by atoms with E-state index in [0.717, 1.165) is 24.7 Å². The normalized spacial score (nSPS) is 25.2. The van der Waals surface area contributed by atoms with Crippen LogP contribution < -0.4 is 0 Å². The number of carbonyl (C=O) groups is 1. The third-order valence-corrected chi connectivity index (χ3v) is 4.05. The molecule has 94 valence electrons. The van der Waals surface area contributed by atoms with Gasteiger partial charge in [0.05, 0.1) is 6.20 Å². The first kappa shape index (κ1) is 12.3. The fraction of sp³-hybridized carbons (Fsp3) is 0.769. The number of carbonyl (C=O) groups excluding carboxylic acids is 1. The van der Waals surface area contributed by atoms with Gasteiger partial charge >= 0.3 is 0 Å². The Hall–Kier alpha value is -1.19. The number of Topliss-reactive ketones (excluding diaryl/α,β-unsaturated/α-hetero) is 1. The lowest BCUT2D eigenvalue weighted by molar-refractivity contribution is 0.0849. The highest BCUT2D eigenvalue weighted by Gasteiger charge is 2.29. The van der Waals surface area contributed by atoms with E-state index in [0.29, 0.717) is 5.69 Å². The van der Waals surface area contributed by atoms with Crippen LogP contribution in [0.4, 0.5) is 0 Å². The first-order chi connectivity index (χ1) is 8.09. The number of hydrogen-bond donors (Lipinski definition) is 0. The van der Waals surface area contributed by atoms with Crippen LogP contribution in [0.15, 0.2) is 6.20 Å². The molecular formula is C13H21N3O. The van der Waals surface area contributed by atoms with E-state index in [1.165, 1.54) is 12.8 Å². The van der Waals surface area contributed by atoms with Crippen molar-refractivity contribution in [3.8, 4) is 0 Å². The van der Waals surface area contributed by atoms with Gasteiger partial charge < -0.3 is 0 Å². The molecule has 1 aliphatic rings. The molecule has 0 radical (unpaired) electrons. The van der Waals surface area contributed by atoms with Crippen molar-refractivity contribution in [3.05, 3.63) is 11.9 Å². The molecule has 1 aliphatic carbocycles. The summed E-state index contributed by atoms with van der Waals surface area (Å²) in [7, 11) is 1.78. The van der Waals surface area contributed by atoms with Gasteiger partial charge in [0.2, 0.25) is 0 Å². The second-order valence-electron chi connectivity index (χ2n) is 5.46. The molecule has 0 amide bonds. The van der Waals surface area contributed by atoms with Gasteiger partial charge in [0.1, 0.15) is 5.69 Å². The van der Waals surface area contributed by atoms with E-state index in [1.807, 2.05) is 0 Å². The predicted octanol–water partition coefficient (Wildman–Crippen LogP) is 2.46. The molecule has 1 fully saturated rings. The molecule has 1 saturated carbocycles. The fourth-order valence-electron chi connectivity index (χ4n) is 2.77. The first-order valence-corrected chi connectivity index (χ1v) is 6.48. The van der Waals surface area contributed by atoms with E-state index in [9.17, 15) is 4.79 Å². The summed E-state index contributed by atoms with van der Waals surface area (Å²) in [6.45, 7) is 4.55. The van der Waals surface area contributed by atoms with Crippen LogP contribution in [0.2, 0.25) is 0 Å². The standard InChI is InChI=1S/C13H21N3O/c1-9(2)10-4-6-11(7-5-10)13(17)12-8-14-15-16(12)3/h8-11H,4-7H2,1-3H3. The highest BCUT2D eigenvalue weighted by Crippen LogP contribution is 2.34. The van der Waals surface area contributed by atoms with Crippen molar-refractivity contribution in [1.29, 1.82) is 0 Å². The molecule has 0 atom stereocenters. The Morgan fingerprint density at radius 3 is 2.47 bits per heavy atom. The molecule has 0 spiro atoms. The topological polar surface area (TPSA) is 47.8 Å². The van der Waals surface area contributed by atoms with E-state index < -0.39 is 0 Å². The summed E-state index contributed by atoms with van der Waals surface area (Å²) in [5.74, 6) is 1.94. The minimum absolute atomic E-state index is 0.183. The van der Waals surface area contributed by atoms with Crippen molar-refractivity contribution in [2.24, 2.45) is 24.8 Å². The Morgan fingerprint density at radius 1 is 1.35 bits per heavy atom. The average molecular weight is 235 g/mol. The summed E-state index contributed by atoms with van der Waals surface area (Å²) in [4.78, 5) is 12.3. The monoisotopic (exact) mass is 235 g/mol. The molecule has 0 unspecified atom stereocenters. The van der Waals surface area contributed by atoms with Crippen molar-refractivity contribution in [3.63, 3.8) is 0 Å². The molecule has 4 nitrogen and oxygen atoms in total. The van der Waals surface area contributed by atoms with Gasteiger partial charge in [-0.3, -0.25) is 4.79 Å². The Labute approximate surface area is 102 Å². The van der Waals surface area contributed by atoms with Gasteiger partial charge in [-0.1, -0.05) is 19.1 Å². The van der Waals surface area contributed by atoms with Gasteiger partial charge in [0.15, 0.2) is 5.78 Å². The lowest BCUT2D eigenvalue weighted by Crippen LogP contribution is -2.25. The van der Waals surface area contributed by atoms with E-state index in [1.54, 1.807) is 17.9 Å². The van der Waals surface area contributed by atoms with Crippen molar-refractivity contribution in [1.82, 2.24) is 15.0 Å². The number of aromatic nitrogens is 3. The Kier molecular flexibility index (Phi) is 3.60. The van der Waals surface area contributed by atoms with Gasteiger partial charge in [-0.05, 0) is 37.5 Å². The van der Waals surface area contributed by atoms with Crippen molar-refractivity contribution in [2.45, 2.75) is 39.5 Å². The zero-order chi connectivity index (χ0) is 12.4. The Morgan fingerprint density at radius 2 is 2.00 bits per heavy atom. The van der Waals surface area contributed by atoms with Gasteiger partial charge in [-0.25, -0.2) is 4.68 Å². The van der Waals surface area contributed by atoms with Crippen LogP contribution in [-0.2, 0) is 7.05 Å². The van der Waals surface area contributed by atoms with Crippen molar-refractivity contribution in [2.75, 3.05) is 0 Å². The van der Waals surface area contributed by atoms with Gasteiger partial charge in [0, 0.05) is 13.0 Å². The molecule has 1 aromatic rings. The largest absolute Gasteiger partial charge is 0.292 e. The molecule has 0 saturated heterocycles. The quantitative estimate of drug-likeness (QED) is 0.756. The maximum atomic E-state index is 12.3. The van der Waals surface area contributed by atoms with Gasteiger partial charge in [0.25, 0.3) is 0 Å². The molecule has 0 aromatic carbocycles. The summed E-state index contributed by atoms with van der Waals surface area (Å²) in [6, 6.07) is 0. The van der Waals surface area contributed by atoms with Gasteiger partial charge in [-0.2, -0.15) is 0 Å². The zero-order valence-electron chi connectivity index (χ0n) is 10.9. The van der Waals surface area contributed by atoms with Gasteiger partial charge in [-0.15, -0.1) is 5.10 Å². The van der Waals surface area contributed by atoms with E-state index in [-0.39, 0.29) is 11.7 Å². The van der Waals surface area contributed by atoms with Crippen LogP contribution in [0.25, 0.3) is 0 Å². The highest BCUT2D eigenvalue weighted by molar-refractivity contribution is 5.96. The lowest BCUT2D eigenvalue weighted by atomic mass is 9.75. The first-order valence-electron chi connectivity index (χ1n) is 6.48. The van der Waals surface area contributed by atoms with Crippen molar-refractivity contribution >= 4 is 5.78 Å². The molecule has 2 rings (SSSR count). The Bertz CT molecular complexity index is 389. The maximum Gasteiger partial charge on any atom is 0.185 e. The summed E-state index contributed by atoms with van der Waals surface area (Å²) >= 11 is 0. The molecule has 17 heavy (non-hydrogen) atoms. The second-order valence-corrected chi connectivity index (χ2v) is 5.46. The lowest BCUT2D eigenvalue weighted by Gasteiger charge is -2.29. The molecular weight excluding hydrogens is 214 g/mol. The molecule has 0 bridgehead atoms. The van der Waals surface area contributed by atoms with E-state index in [2.05, 4.69) is 24.2 Å². The SMILES string of the molecule is CC(C)C1CCC(C(=O)c2cnnn2C)CC1. The minimum atomic E-state index is 0.183. The third kappa shape index (κ3) is 2.56. The fourth-order valence-corrected chi connectivity index (χ4v) is 2.77. The third-order valence-electron chi connectivity index (χ3n) is 4.05. The Balaban J connectivity index is 1.98. The van der Waals surface area contributed by atoms with Crippen LogP contribution in [0, 0.1) is 17.8 Å². The summed E-state index contributed by atoms with van der Waals surface area (Å²) in [6.07, 6.45) is 5.98. The number of nitrogens with zero attached hydrogens (tertiary/aromatic N) is 3. The van der Waals surface area contributed by atoms with Crippen LogP contribution in [0.1, 0.15) is 50.0 Å². The summed E-state index contributed by atoms with van der Waals surface area (Å²) in [5.41, 5.74) is 0.651.